The molecule has 1 fully saturated rings. The van der Waals surface area contributed by atoms with Crippen molar-refractivity contribution in [2.24, 2.45) is 23.1 Å². The van der Waals surface area contributed by atoms with Gasteiger partial charge < -0.3 is 17.2 Å². The van der Waals surface area contributed by atoms with E-state index in [9.17, 15) is 0 Å². The first-order valence-corrected chi connectivity index (χ1v) is 3.04. The van der Waals surface area contributed by atoms with Gasteiger partial charge in [-0.1, -0.05) is 6.08 Å². The van der Waals surface area contributed by atoms with Gasteiger partial charge in [-0.3, -0.25) is 0 Å². The standard InChI is InChI=1S/C6H13N3/c1-2-4-5(7)3-6(4,8)9/h2,4-5H,1,3,7-9H2. The molecule has 9 heavy (non-hydrogen) atoms. The van der Waals surface area contributed by atoms with E-state index < -0.39 is 5.66 Å². The molecule has 3 heteroatoms. The second-order valence-corrected chi connectivity index (χ2v) is 2.74. The van der Waals surface area contributed by atoms with Crippen LogP contribution in [-0.2, 0) is 0 Å². The zero-order valence-electron chi connectivity index (χ0n) is 5.38. The predicted octanol–water partition coefficient (Wildman–Crippen LogP) is -0.867. The molecule has 0 aromatic carbocycles. The van der Waals surface area contributed by atoms with Gasteiger partial charge in [0.15, 0.2) is 0 Å². The maximum atomic E-state index is 5.59. The van der Waals surface area contributed by atoms with Gasteiger partial charge in [-0.05, 0) is 6.42 Å². The van der Waals surface area contributed by atoms with Crippen LogP contribution in [0.4, 0.5) is 0 Å². The zero-order chi connectivity index (χ0) is 7.07. The van der Waals surface area contributed by atoms with E-state index in [1.54, 1.807) is 6.08 Å². The number of nitrogens with two attached hydrogens (primary N) is 3. The third-order valence-corrected chi connectivity index (χ3v) is 1.93. The summed E-state index contributed by atoms with van der Waals surface area (Å²) < 4.78 is 0. The van der Waals surface area contributed by atoms with Crippen LogP contribution in [0.3, 0.4) is 0 Å². The van der Waals surface area contributed by atoms with Crippen LogP contribution >= 0.6 is 0 Å². The second kappa shape index (κ2) is 1.80. The van der Waals surface area contributed by atoms with Crippen LogP contribution in [0, 0.1) is 5.92 Å². The highest BCUT2D eigenvalue weighted by Crippen LogP contribution is 2.31. The first-order chi connectivity index (χ1) is 4.08. The van der Waals surface area contributed by atoms with E-state index in [2.05, 4.69) is 6.58 Å². The minimum absolute atomic E-state index is 0.0949. The third-order valence-electron chi connectivity index (χ3n) is 1.93. The molecular weight excluding hydrogens is 114 g/mol. The maximum Gasteiger partial charge on any atom is 0.0731 e. The first kappa shape index (κ1) is 6.74. The molecule has 52 valence electrons. The van der Waals surface area contributed by atoms with Crippen LogP contribution in [-0.4, -0.2) is 11.7 Å². The van der Waals surface area contributed by atoms with Crippen LogP contribution in [0.5, 0.6) is 0 Å². The molecule has 0 bridgehead atoms. The van der Waals surface area contributed by atoms with Gasteiger partial charge in [0.25, 0.3) is 0 Å². The van der Waals surface area contributed by atoms with E-state index in [1.165, 1.54) is 0 Å². The molecule has 3 nitrogen and oxygen atoms in total. The molecule has 1 aliphatic carbocycles. The van der Waals surface area contributed by atoms with Crippen molar-refractivity contribution in [3.63, 3.8) is 0 Å². The predicted molar refractivity (Wildman–Crippen MR) is 37.4 cm³/mol. The summed E-state index contributed by atoms with van der Waals surface area (Å²) >= 11 is 0. The van der Waals surface area contributed by atoms with Gasteiger partial charge in [-0.15, -0.1) is 6.58 Å². The quantitative estimate of drug-likeness (QED) is 0.316. The van der Waals surface area contributed by atoms with Crippen molar-refractivity contribution < 1.29 is 0 Å². The smallest absolute Gasteiger partial charge is 0.0731 e. The molecule has 0 amide bonds. The Kier molecular flexibility index (Phi) is 1.35. The Morgan fingerprint density at radius 3 is 2.22 bits per heavy atom. The molecule has 0 aromatic heterocycles. The van der Waals surface area contributed by atoms with Gasteiger partial charge >= 0.3 is 0 Å². The fraction of sp³-hybridized carbons (Fsp3) is 0.667. The average molecular weight is 127 g/mol. The summed E-state index contributed by atoms with van der Waals surface area (Å²) in [6.45, 7) is 3.59. The topological polar surface area (TPSA) is 78.1 Å². The molecule has 0 aliphatic heterocycles. The van der Waals surface area contributed by atoms with Crippen molar-refractivity contribution in [2.45, 2.75) is 18.1 Å². The van der Waals surface area contributed by atoms with Crippen molar-refractivity contribution >= 4 is 0 Å². The lowest BCUT2D eigenvalue weighted by atomic mass is 9.70. The summed E-state index contributed by atoms with van der Waals surface area (Å²) in [4.78, 5) is 0. The Bertz CT molecular complexity index is 130. The molecule has 0 spiro atoms. The molecule has 1 rings (SSSR count). The summed E-state index contributed by atoms with van der Waals surface area (Å²) in [6, 6.07) is 0.123. The van der Waals surface area contributed by atoms with Gasteiger partial charge in [0.1, 0.15) is 0 Å². The highest BCUT2D eigenvalue weighted by atomic mass is 15.0. The van der Waals surface area contributed by atoms with E-state index in [4.69, 9.17) is 17.2 Å². The average Bonchev–Trinajstić information content (AvgIpc) is 1.63. The minimum atomic E-state index is -0.582. The van der Waals surface area contributed by atoms with Gasteiger partial charge in [-0.25, -0.2) is 0 Å². The van der Waals surface area contributed by atoms with E-state index in [-0.39, 0.29) is 12.0 Å². The van der Waals surface area contributed by atoms with Crippen LogP contribution in [0.1, 0.15) is 6.42 Å². The first-order valence-electron chi connectivity index (χ1n) is 3.04. The zero-order valence-corrected chi connectivity index (χ0v) is 5.38. The van der Waals surface area contributed by atoms with Gasteiger partial charge in [0.2, 0.25) is 0 Å². The second-order valence-electron chi connectivity index (χ2n) is 2.74. The Labute approximate surface area is 54.9 Å². The molecule has 6 N–H and O–H groups in total. The Hall–Kier alpha value is -0.380. The SMILES string of the molecule is C=CC1C(N)CC1(N)N. The largest absolute Gasteiger partial charge is 0.327 e. The van der Waals surface area contributed by atoms with Crippen molar-refractivity contribution in [3.05, 3.63) is 12.7 Å². The maximum absolute atomic E-state index is 5.59. The van der Waals surface area contributed by atoms with Crippen molar-refractivity contribution in [1.82, 2.24) is 0 Å². The minimum Gasteiger partial charge on any atom is -0.327 e. The van der Waals surface area contributed by atoms with E-state index in [0.29, 0.717) is 6.42 Å². The van der Waals surface area contributed by atoms with Crippen LogP contribution in [0.15, 0.2) is 12.7 Å². The summed E-state index contributed by atoms with van der Waals surface area (Å²) in [5.74, 6) is 0.0949. The summed E-state index contributed by atoms with van der Waals surface area (Å²) in [5, 5.41) is 0. The molecule has 2 unspecified atom stereocenters. The number of hydrogen-bond donors (Lipinski definition) is 3. The van der Waals surface area contributed by atoms with Gasteiger partial charge in [0.05, 0.1) is 5.66 Å². The molecule has 1 aliphatic rings. The molecule has 0 heterocycles. The summed E-state index contributed by atoms with van der Waals surface area (Å²) in [5.41, 5.74) is 16.2. The van der Waals surface area contributed by atoms with Crippen LogP contribution in [0.2, 0.25) is 0 Å². The van der Waals surface area contributed by atoms with Crippen molar-refractivity contribution in [1.29, 1.82) is 0 Å². The van der Waals surface area contributed by atoms with E-state index in [0.717, 1.165) is 0 Å². The molecule has 0 radical (unpaired) electrons. The van der Waals surface area contributed by atoms with Crippen molar-refractivity contribution in [3.8, 4) is 0 Å². The van der Waals surface area contributed by atoms with Crippen LogP contribution < -0.4 is 17.2 Å². The lowest BCUT2D eigenvalue weighted by Crippen LogP contribution is -2.70. The normalized spacial score (nSPS) is 39.4. The molecule has 0 saturated heterocycles. The fourth-order valence-corrected chi connectivity index (χ4v) is 1.30. The molecule has 0 aromatic rings. The van der Waals surface area contributed by atoms with Gasteiger partial charge in [0, 0.05) is 12.0 Å². The van der Waals surface area contributed by atoms with Gasteiger partial charge in [-0.2, -0.15) is 0 Å². The Balaban J connectivity index is 2.57. The monoisotopic (exact) mass is 127 g/mol. The lowest BCUT2D eigenvalue weighted by Gasteiger charge is -2.47. The van der Waals surface area contributed by atoms with E-state index >= 15 is 0 Å². The number of hydrogen-bond acceptors (Lipinski definition) is 3. The lowest BCUT2D eigenvalue weighted by molar-refractivity contribution is 0.142. The molecule has 1 saturated carbocycles. The molecular formula is C6H13N3. The number of rotatable bonds is 1. The molecule has 2 atom stereocenters. The van der Waals surface area contributed by atoms with Crippen LogP contribution in [0.25, 0.3) is 0 Å². The Morgan fingerprint density at radius 1 is 1.56 bits per heavy atom. The fourth-order valence-electron chi connectivity index (χ4n) is 1.30. The summed E-state index contributed by atoms with van der Waals surface area (Å²) in [6.07, 6.45) is 2.43. The Morgan fingerprint density at radius 2 is 2.11 bits per heavy atom. The summed E-state index contributed by atoms with van der Waals surface area (Å²) in [7, 11) is 0. The third kappa shape index (κ3) is 0.871. The highest BCUT2D eigenvalue weighted by Gasteiger charge is 2.44. The highest BCUT2D eigenvalue weighted by molar-refractivity contribution is 5.11. The van der Waals surface area contributed by atoms with E-state index in [1.807, 2.05) is 0 Å². The van der Waals surface area contributed by atoms with Crippen molar-refractivity contribution in [2.75, 3.05) is 0 Å².